The molecule has 5 heteroatoms. The fourth-order valence-corrected chi connectivity index (χ4v) is 2.92. The minimum Gasteiger partial charge on any atom is -0.371 e. The van der Waals surface area contributed by atoms with Crippen LogP contribution in [-0.4, -0.2) is 43.7 Å². The third-order valence-electron chi connectivity index (χ3n) is 3.68. The molecular formula is C13H16Cl2N2O. The summed E-state index contributed by atoms with van der Waals surface area (Å²) in [5.41, 5.74) is 1.11. The van der Waals surface area contributed by atoms with Gasteiger partial charge in [-0.3, -0.25) is 4.90 Å². The van der Waals surface area contributed by atoms with Crippen LogP contribution in [0.5, 0.6) is 0 Å². The number of fused-ring (bicyclic) bond motifs is 1. The Bertz CT molecular complexity index is 441. The fourth-order valence-electron chi connectivity index (χ4n) is 2.61. The molecule has 0 unspecified atom stereocenters. The second kappa shape index (κ2) is 5.35. The van der Waals surface area contributed by atoms with Gasteiger partial charge in [0.15, 0.2) is 0 Å². The predicted molar refractivity (Wildman–Crippen MR) is 73.4 cm³/mol. The van der Waals surface area contributed by atoms with Crippen molar-refractivity contribution < 1.29 is 4.74 Å². The lowest BCUT2D eigenvalue weighted by molar-refractivity contribution is -0.0717. The third kappa shape index (κ3) is 2.51. The van der Waals surface area contributed by atoms with Gasteiger partial charge < -0.3 is 10.1 Å². The van der Waals surface area contributed by atoms with E-state index in [1.54, 1.807) is 0 Å². The summed E-state index contributed by atoms with van der Waals surface area (Å²) in [7, 11) is 0. The molecular weight excluding hydrogens is 271 g/mol. The molecule has 18 heavy (non-hydrogen) atoms. The number of benzene rings is 1. The van der Waals surface area contributed by atoms with Gasteiger partial charge in [-0.1, -0.05) is 29.3 Å². The maximum Gasteiger partial charge on any atom is 0.0953 e. The molecule has 0 saturated carbocycles. The Morgan fingerprint density at radius 3 is 3.00 bits per heavy atom. The van der Waals surface area contributed by atoms with Crippen molar-refractivity contribution in [1.29, 1.82) is 0 Å². The summed E-state index contributed by atoms with van der Waals surface area (Å²) in [6.45, 7) is 4.88. The monoisotopic (exact) mass is 286 g/mol. The number of piperazine rings is 1. The van der Waals surface area contributed by atoms with Crippen molar-refractivity contribution in [2.45, 2.75) is 12.1 Å². The topological polar surface area (TPSA) is 24.5 Å². The number of rotatable bonds is 1. The summed E-state index contributed by atoms with van der Waals surface area (Å²) in [4.78, 5) is 2.49. The SMILES string of the molecule is Clc1ccc([C@@H]2CN3CCNC[C@H]3CO2)cc1Cl. The van der Waals surface area contributed by atoms with Gasteiger partial charge in [-0.2, -0.15) is 0 Å². The van der Waals surface area contributed by atoms with Gasteiger partial charge >= 0.3 is 0 Å². The Kier molecular flexibility index (Phi) is 3.78. The molecule has 2 fully saturated rings. The van der Waals surface area contributed by atoms with Gasteiger partial charge in [-0.25, -0.2) is 0 Å². The molecule has 0 amide bonds. The van der Waals surface area contributed by atoms with E-state index in [0.29, 0.717) is 16.1 Å². The highest BCUT2D eigenvalue weighted by Gasteiger charge is 2.31. The van der Waals surface area contributed by atoms with Crippen molar-refractivity contribution in [1.82, 2.24) is 10.2 Å². The van der Waals surface area contributed by atoms with E-state index in [2.05, 4.69) is 10.2 Å². The zero-order valence-corrected chi connectivity index (χ0v) is 11.5. The van der Waals surface area contributed by atoms with Crippen molar-refractivity contribution in [3.63, 3.8) is 0 Å². The van der Waals surface area contributed by atoms with Crippen LogP contribution in [0.25, 0.3) is 0 Å². The Balaban J connectivity index is 1.75. The smallest absolute Gasteiger partial charge is 0.0953 e. The van der Waals surface area contributed by atoms with E-state index >= 15 is 0 Å². The fraction of sp³-hybridized carbons (Fsp3) is 0.538. The molecule has 2 saturated heterocycles. The highest BCUT2D eigenvalue weighted by molar-refractivity contribution is 6.42. The lowest BCUT2D eigenvalue weighted by Gasteiger charge is -2.42. The van der Waals surface area contributed by atoms with Crippen LogP contribution in [0.3, 0.4) is 0 Å². The van der Waals surface area contributed by atoms with Crippen molar-refractivity contribution in [2.75, 3.05) is 32.8 Å². The molecule has 0 bridgehead atoms. The molecule has 3 rings (SSSR count). The van der Waals surface area contributed by atoms with Gasteiger partial charge in [0.1, 0.15) is 0 Å². The van der Waals surface area contributed by atoms with E-state index in [9.17, 15) is 0 Å². The number of morpholine rings is 1. The molecule has 0 aromatic heterocycles. The van der Waals surface area contributed by atoms with Gasteiger partial charge in [-0.05, 0) is 17.7 Å². The van der Waals surface area contributed by atoms with Gasteiger partial charge in [0.2, 0.25) is 0 Å². The molecule has 2 atom stereocenters. The Morgan fingerprint density at radius 2 is 2.17 bits per heavy atom. The van der Waals surface area contributed by atoms with Crippen LogP contribution in [0.4, 0.5) is 0 Å². The molecule has 1 aromatic rings. The Labute approximate surface area is 117 Å². The summed E-state index contributed by atoms with van der Waals surface area (Å²) < 4.78 is 5.94. The van der Waals surface area contributed by atoms with E-state index in [0.717, 1.165) is 38.3 Å². The highest BCUT2D eigenvalue weighted by Crippen LogP contribution is 2.30. The normalized spacial score (nSPS) is 29.0. The van der Waals surface area contributed by atoms with Crippen LogP contribution in [0.15, 0.2) is 18.2 Å². The molecule has 0 radical (unpaired) electrons. The minimum atomic E-state index is 0.106. The summed E-state index contributed by atoms with van der Waals surface area (Å²) in [5.74, 6) is 0. The van der Waals surface area contributed by atoms with Gasteiger partial charge in [-0.15, -0.1) is 0 Å². The first kappa shape index (κ1) is 12.7. The maximum absolute atomic E-state index is 6.06. The molecule has 0 aliphatic carbocycles. The Morgan fingerprint density at radius 1 is 1.28 bits per heavy atom. The lowest BCUT2D eigenvalue weighted by atomic mass is 10.0. The molecule has 3 nitrogen and oxygen atoms in total. The zero-order chi connectivity index (χ0) is 12.5. The second-order valence-electron chi connectivity index (χ2n) is 4.85. The van der Waals surface area contributed by atoms with Crippen LogP contribution in [-0.2, 0) is 4.74 Å². The molecule has 2 heterocycles. The van der Waals surface area contributed by atoms with Crippen LogP contribution < -0.4 is 5.32 Å². The van der Waals surface area contributed by atoms with Crippen molar-refractivity contribution in [3.05, 3.63) is 33.8 Å². The summed E-state index contributed by atoms with van der Waals surface area (Å²) >= 11 is 12.0. The first-order valence-electron chi connectivity index (χ1n) is 6.25. The number of halogens is 2. The summed E-state index contributed by atoms with van der Waals surface area (Å²) in [6.07, 6.45) is 0.106. The Hall–Kier alpha value is -0.320. The summed E-state index contributed by atoms with van der Waals surface area (Å²) in [6, 6.07) is 6.27. The van der Waals surface area contributed by atoms with Crippen LogP contribution in [0.1, 0.15) is 11.7 Å². The molecule has 1 aromatic carbocycles. The number of nitrogens with one attached hydrogen (secondary N) is 1. The van der Waals surface area contributed by atoms with E-state index < -0.39 is 0 Å². The van der Waals surface area contributed by atoms with E-state index in [1.165, 1.54) is 0 Å². The molecule has 2 aliphatic rings. The quantitative estimate of drug-likeness (QED) is 0.858. The number of ether oxygens (including phenoxy) is 1. The zero-order valence-electron chi connectivity index (χ0n) is 10.0. The van der Waals surface area contributed by atoms with Crippen LogP contribution >= 0.6 is 23.2 Å². The van der Waals surface area contributed by atoms with E-state index in [-0.39, 0.29) is 6.10 Å². The van der Waals surface area contributed by atoms with E-state index in [4.69, 9.17) is 27.9 Å². The average molecular weight is 287 g/mol. The molecule has 0 spiro atoms. The molecule has 2 aliphatic heterocycles. The van der Waals surface area contributed by atoms with Crippen LogP contribution in [0.2, 0.25) is 10.0 Å². The minimum absolute atomic E-state index is 0.106. The van der Waals surface area contributed by atoms with Crippen molar-refractivity contribution >= 4 is 23.2 Å². The van der Waals surface area contributed by atoms with Gasteiger partial charge in [0, 0.05) is 32.2 Å². The predicted octanol–water partition coefficient (Wildman–Crippen LogP) is 2.34. The highest BCUT2D eigenvalue weighted by atomic mass is 35.5. The number of hydrogen-bond donors (Lipinski definition) is 1. The maximum atomic E-state index is 6.06. The first-order chi connectivity index (χ1) is 8.74. The largest absolute Gasteiger partial charge is 0.371 e. The second-order valence-corrected chi connectivity index (χ2v) is 5.66. The number of nitrogens with zero attached hydrogens (tertiary/aromatic N) is 1. The van der Waals surface area contributed by atoms with Crippen LogP contribution in [0, 0.1) is 0 Å². The van der Waals surface area contributed by atoms with Gasteiger partial charge in [0.25, 0.3) is 0 Å². The first-order valence-corrected chi connectivity index (χ1v) is 7.01. The average Bonchev–Trinajstić information content (AvgIpc) is 2.41. The third-order valence-corrected chi connectivity index (χ3v) is 4.42. The lowest BCUT2D eigenvalue weighted by Crippen LogP contribution is -2.57. The van der Waals surface area contributed by atoms with E-state index in [1.807, 2.05) is 18.2 Å². The summed E-state index contributed by atoms with van der Waals surface area (Å²) in [5, 5.41) is 4.59. The van der Waals surface area contributed by atoms with Crippen molar-refractivity contribution in [3.8, 4) is 0 Å². The standard InChI is InChI=1S/C13H16Cl2N2O/c14-11-2-1-9(5-12(11)15)13-7-17-4-3-16-6-10(17)8-18-13/h1-2,5,10,13,16H,3-4,6-8H2/t10-,13-/m0/s1. The van der Waals surface area contributed by atoms with Crippen molar-refractivity contribution in [2.24, 2.45) is 0 Å². The molecule has 1 N–H and O–H groups in total. The number of hydrogen-bond acceptors (Lipinski definition) is 3. The molecule has 98 valence electrons. The van der Waals surface area contributed by atoms with Gasteiger partial charge in [0.05, 0.1) is 22.8 Å².